The molecule has 2 aliphatic carbocycles. The fraction of sp³-hybridized carbons (Fsp3) is 0.591. The number of nitrogens with one attached hydrogen (secondary N) is 1. The van der Waals surface area contributed by atoms with Gasteiger partial charge < -0.3 is 19.5 Å². The zero-order valence-corrected chi connectivity index (χ0v) is 17.0. The summed E-state index contributed by atoms with van der Waals surface area (Å²) in [5.74, 6) is -0.273. The van der Waals surface area contributed by atoms with Crippen molar-refractivity contribution < 1.29 is 23.8 Å². The molecular formula is C22H28N2O5. The summed E-state index contributed by atoms with van der Waals surface area (Å²) in [7, 11) is 2.80. The first-order chi connectivity index (χ1) is 14.0. The third kappa shape index (κ3) is 4.64. The topological polar surface area (TPSA) is 97.7 Å². The molecule has 2 aliphatic rings. The number of nitrogens with zero attached hydrogens (tertiary/aromatic N) is 1. The lowest BCUT2D eigenvalue weighted by molar-refractivity contribution is -0.153. The van der Waals surface area contributed by atoms with Gasteiger partial charge in [0.1, 0.15) is 0 Å². The van der Waals surface area contributed by atoms with Crippen LogP contribution in [0.15, 0.2) is 18.2 Å². The lowest BCUT2D eigenvalue weighted by Gasteiger charge is -2.35. The molecular weight excluding hydrogens is 372 g/mol. The highest BCUT2D eigenvalue weighted by Crippen LogP contribution is 2.42. The van der Waals surface area contributed by atoms with Gasteiger partial charge in [0, 0.05) is 6.04 Å². The first-order valence-electron chi connectivity index (χ1n) is 10.2. The number of esters is 1. The van der Waals surface area contributed by atoms with Gasteiger partial charge in [0.05, 0.1) is 31.8 Å². The second kappa shape index (κ2) is 9.17. The van der Waals surface area contributed by atoms with E-state index >= 15 is 0 Å². The van der Waals surface area contributed by atoms with Gasteiger partial charge in [-0.3, -0.25) is 4.79 Å². The number of hydrogen-bond acceptors (Lipinski definition) is 6. The molecule has 1 N–H and O–H groups in total. The van der Waals surface area contributed by atoms with E-state index in [2.05, 4.69) is 16.1 Å². The Hall–Kier alpha value is -2.75. The van der Waals surface area contributed by atoms with E-state index in [0.717, 1.165) is 18.4 Å². The fourth-order valence-electron chi connectivity index (χ4n) is 4.31. The number of hydrogen-bond donors (Lipinski definition) is 1. The van der Waals surface area contributed by atoms with Crippen molar-refractivity contribution >= 4 is 11.9 Å². The highest BCUT2D eigenvalue weighted by atomic mass is 16.5. The van der Waals surface area contributed by atoms with Gasteiger partial charge in [-0.25, -0.2) is 4.79 Å². The number of amides is 1. The number of benzene rings is 1. The Morgan fingerprint density at radius 3 is 2.38 bits per heavy atom. The molecule has 0 unspecified atom stereocenters. The molecule has 1 aromatic carbocycles. The van der Waals surface area contributed by atoms with Crippen molar-refractivity contribution in [1.82, 2.24) is 5.32 Å². The average molecular weight is 400 g/mol. The smallest absolute Gasteiger partial charge is 0.396 e. The highest BCUT2D eigenvalue weighted by Gasteiger charge is 2.38. The maximum absolute atomic E-state index is 11.7. The monoisotopic (exact) mass is 400 g/mol. The number of carbonyl (C=O) groups is 2. The standard InChI is InChI=1S/C22H28N2O5/c1-27-18-8-7-15(13-19(18)29-17-5-3-4-6-17)22(14-23)11-9-16(10-12-22)24-20(25)21(26)28-2/h7-8,13,16-17H,3-6,9-12H2,1-2H3,(H,24,25). The molecule has 156 valence electrons. The van der Waals surface area contributed by atoms with Crippen LogP contribution in [0, 0.1) is 11.3 Å². The normalized spacial score (nSPS) is 24.4. The number of methoxy groups -OCH3 is 2. The van der Waals surface area contributed by atoms with Crippen molar-refractivity contribution in [2.75, 3.05) is 14.2 Å². The van der Waals surface area contributed by atoms with Crippen LogP contribution in [0.3, 0.4) is 0 Å². The minimum Gasteiger partial charge on any atom is -0.493 e. The van der Waals surface area contributed by atoms with Crippen LogP contribution in [-0.4, -0.2) is 38.2 Å². The van der Waals surface area contributed by atoms with E-state index in [1.807, 2.05) is 18.2 Å². The molecule has 0 heterocycles. The molecule has 3 rings (SSSR count). The molecule has 0 atom stereocenters. The van der Waals surface area contributed by atoms with Gasteiger partial charge in [0.25, 0.3) is 0 Å². The Balaban J connectivity index is 1.73. The van der Waals surface area contributed by atoms with Crippen molar-refractivity contribution in [2.24, 2.45) is 0 Å². The summed E-state index contributed by atoms with van der Waals surface area (Å²) >= 11 is 0. The summed E-state index contributed by atoms with van der Waals surface area (Å²) in [5, 5.41) is 12.7. The van der Waals surface area contributed by atoms with E-state index in [1.165, 1.54) is 20.0 Å². The average Bonchev–Trinajstić information content (AvgIpc) is 3.27. The summed E-state index contributed by atoms with van der Waals surface area (Å²) in [6, 6.07) is 8.09. The highest BCUT2D eigenvalue weighted by molar-refractivity contribution is 6.32. The zero-order chi connectivity index (χ0) is 20.9. The minimum absolute atomic E-state index is 0.143. The van der Waals surface area contributed by atoms with Crippen molar-refractivity contribution in [2.45, 2.75) is 68.9 Å². The van der Waals surface area contributed by atoms with Crippen LogP contribution < -0.4 is 14.8 Å². The molecule has 0 aromatic heterocycles. The Kier molecular flexibility index (Phi) is 6.63. The predicted molar refractivity (Wildman–Crippen MR) is 106 cm³/mol. The van der Waals surface area contributed by atoms with E-state index < -0.39 is 17.3 Å². The largest absolute Gasteiger partial charge is 0.493 e. The molecule has 1 aromatic rings. The van der Waals surface area contributed by atoms with Crippen molar-refractivity contribution in [3.05, 3.63) is 23.8 Å². The quantitative estimate of drug-likeness (QED) is 0.603. The van der Waals surface area contributed by atoms with Crippen LogP contribution in [0.2, 0.25) is 0 Å². The van der Waals surface area contributed by atoms with Gasteiger partial charge in [-0.2, -0.15) is 5.26 Å². The van der Waals surface area contributed by atoms with Crippen LogP contribution in [0.5, 0.6) is 11.5 Å². The minimum atomic E-state index is -0.897. The molecule has 1 amide bonds. The van der Waals surface area contributed by atoms with Gasteiger partial charge in [-0.15, -0.1) is 0 Å². The van der Waals surface area contributed by atoms with E-state index in [-0.39, 0.29) is 12.1 Å². The van der Waals surface area contributed by atoms with Crippen LogP contribution in [-0.2, 0) is 19.7 Å². The molecule has 0 saturated heterocycles. The van der Waals surface area contributed by atoms with Gasteiger partial charge in [0.15, 0.2) is 11.5 Å². The van der Waals surface area contributed by atoms with Crippen LogP contribution in [0.1, 0.15) is 56.9 Å². The van der Waals surface area contributed by atoms with Crippen LogP contribution >= 0.6 is 0 Å². The number of rotatable bonds is 5. The van der Waals surface area contributed by atoms with Crippen LogP contribution in [0.25, 0.3) is 0 Å². The van der Waals surface area contributed by atoms with Gasteiger partial charge >= 0.3 is 11.9 Å². The van der Waals surface area contributed by atoms with E-state index in [0.29, 0.717) is 37.2 Å². The summed E-state index contributed by atoms with van der Waals surface area (Å²) in [6.45, 7) is 0. The third-order valence-electron chi connectivity index (χ3n) is 6.07. The van der Waals surface area contributed by atoms with Gasteiger partial charge in [-0.05, 0) is 69.1 Å². The second-order valence-corrected chi connectivity index (χ2v) is 7.82. The Morgan fingerprint density at radius 1 is 1.10 bits per heavy atom. The summed E-state index contributed by atoms with van der Waals surface area (Å²) in [4.78, 5) is 23.1. The maximum Gasteiger partial charge on any atom is 0.396 e. The molecule has 0 bridgehead atoms. The number of carbonyl (C=O) groups excluding carboxylic acids is 2. The summed E-state index contributed by atoms with van der Waals surface area (Å²) in [6.07, 6.45) is 7.02. The molecule has 7 nitrogen and oxygen atoms in total. The maximum atomic E-state index is 11.7. The predicted octanol–water partition coefficient (Wildman–Crippen LogP) is 3.01. The van der Waals surface area contributed by atoms with Crippen molar-refractivity contribution in [3.63, 3.8) is 0 Å². The fourth-order valence-corrected chi connectivity index (χ4v) is 4.31. The summed E-state index contributed by atoms with van der Waals surface area (Å²) in [5.41, 5.74) is 0.263. The van der Waals surface area contributed by atoms with Gasteiger partial charge in [0.2, 0.25) is 0 Å². The lowest BCUT2D eigenvalue weighted by atomic mass is 9.69. The zero-order valence-electron chi connectivity index (χ0n) is 17.0. The molecule has 2 saturated carbocycles. The Morgan fingerprint density at radius 2 is 1.79 bits per heavy atom. The summed E-state index contributed by atoms with van der Waals surface area (Å²) < 4.78 is 16.1. The van der Waals surface area contributed by atoms with Gasteiger partial charge in [-0.1, -0.05) is 6.07 Å². The lowest BCUT2D eigenvalue weighted by Crippen LogP contribution is -2.44. The molecule has 29 heavy (non-hydrogen) atoms. The molecule has 2 fully saturated rings. The van der Waals surface area contributed by atoms with Crippen molar-refractivity contribution in [1.29, 1.82) is 5.26 Å². The molecule has 0 spiro atoms. The number of nitriles is 1. The molecule has 0 aliphatic heterocycles. The molecule has 7 heteroatoms. The first-order valence-corrected chi connectivity index (χ1v) is 10.2. The second-order valence-electron chi connectivity index (χ2n) is 7.82. The van der Waals surface area contributed by atoms with E-state index in [9.17, 15) is 14.9 Å². The number of ether oxygens (including phenoxy) is 3. The first kappa shape index (κ1) is 21.0. The van der Waals surface area contributed by atoms with Crippen LogP contribution in [0.4, 0.5) is 0 Å². The SMILES string of the molecule is COC(=O)C(=O)NC1CCC(C#N)(c2ccc(OC)c(OC3CCCC3)c2)CC1. The van der Waals surface area contributed by atoms with Crippen molar-refractivity contribution in [3.8, 4) is 17.6 Å². The van der Waals surface area contributed by atoms with E-state index in [1.54, 1.807) is 7.11 Å². The Labute approximate surface area is 171 Å². The third-order valence-corrected chi connectivity index (χ3v) is 6.07. The Bertz CT molecular complexity index is 787. The molecule has 0 radical (unpaired) electrons. The van der Waals surface area contributed by atoms with E-state index in [4.69, 9.17) is 9.47 Å².